The zero-order valence-corrected chi connectivity index (χ0v) is 14.6. The standard InChI is InChI=1S/C16H12ClFN2O4S/c1-9-8-25-16(20-9)11(5-19)13(21)6-24-15(22)7-23-14-3-2-10(18)4-12(14)17/h2-4,8,11H,6-7H2,1H3/t11-/m0/s1. The average Bonchev–Trinajstić information content (AvgIpc) is 2.99. The lowest BCUT2D eigenvalue weighted by atomic mass is 10.1. The van der Waals surface area contributed by atoms with E-state index in [9.17, 15) is 14.0 Å². The molecule has 6 nitrogen and oxygen atoms in total. The number of esters is 1. The summed E-state index contributed by atoms with van der Waals surface area (Å²) >= 11 is 6.95. The number of ketones is 1. The Kier molecular flexibility index (Phi) is 6.44. The maximum absolute atomic E-state index is 12.9. The van der Waals surface area contributed by atoms with Crippen LogP contribution in [0.1, 0.15) is 16.6 Å². The number of aromatic nitrogens is 1. The molecule has 2 aromatic rings. The minimum absolute atomic E-state index is 0.00700. The SMILES string of the molecule is Cc1csc([C@@H](C#N)C(=O)COC(=O)COc2ccc(F)cc2Cl)n1. The second kappa shape index (κ2) is 8.55. The van der Waals surface area contributed by atoms with Crippen LogP contribution in [0.2, 0.25) is 5.02 Å². The molecule has 0 saturated heterocycles. The van der Waals surface area contributed by atoms with Gasteiger partial charge in [0.05, 0.1) is 11.1 Å². The number of halogens is 2. The number of carbonyl (C=O) groups excluding carboxylic acids is 2. The Morgan fingerprint density at radius 1 is 1.44 bits per heavy atom. The van der Waals surface area contributed by atoms with Gasteiger partial charge in [-0.05, 0) is 25.1 Å². The van der Waals surface area contributed by atoms with Crippen LogP contribution in [0.4, 0.5) is 4.39 Å². The van der Waals surface area contributed by atoms with Gasteiger partial charge in [0.15, 0.2) is 24.9 Å². The molecular weight excluding hydrogens is 371 g/mol. The monoisotopic (exact) mass is 382 g/mol. The molecule has 0 fully saturated rings. The Morgan fingerprint density at radius 3 is 2.80 bits per heavy atom. The molecule has 1 atom stereocenters. The molecule has 1 aromatic heterocycles. The van der Waals surface area contributed by atoms with Crippen molar-refractivity contribution in [3.8, 4) is 11.8 Å². The van der Waals surface area contributed by atoms with Crippen molar-refractivity contribution in [1.82, 2.24) is 4.98 Å². The molecule has 0 bridgehead atoms. The van der Waals surface area contributed by atoms with Crippen LogP contribution in [0.25, 0.3) is 0 Å². The molecule has 1 heterocycles. The fourth-order valence-corrected chi connectivity index (χ4v) is 2.86. The molecule has 1 aromatic carbocycles. The van der Waals surface area contributed by atoms with Crippen LogP contribution in [-0.2, 0) is 14.3 Å². The third-order valence-electron chi connectivity index (χ3n) is 2.95. The van der Waals surface area contributed by atoms with Crippen LogP contribution < -0.4 is 4.74 Å². The van der Waals surface area contributed by atoms with E-state index in [-0.39, 0.29) is 10.8 Å². The van der Waals surface area contributed by atoms with Crippen LogP contribution in [-0.4, -0.2) is 30.0 Å². The summed E-state index contributed by atoms with van der Waals surface area (Å²) in [4.78, 5) is 27.7. The lowest BCUT2D eigenvalue weighted by Crippen LogP contribution is -2.22. The second-order valence-corrected chi connectivity index (χ2v) is 6.18. The van der Waals surface area contributed by atoms with E-state index in [2.05, 4.69) is 4.98 Å². The molecule has 0 aliphatic carbocycles. The summed E-state index contributed by atoms with van der Waals surface area (Å²) in [5, 5.41) is 11.2. The molecule has 25 heavy (non-hydrogen) atoms. The van der Waals surface area contributed by atoms with Crippen molar-refractivity contribution < 1.29 is 23.5 Å². The number of carbonyl (C=O) groups is 2. The number of ether oxygens (including phenoxy) is 2. The molecule has 0 saturated carbocycles. The van der Waals surface area contributed by atoms with Crippen molar-refractivity contribution in [1.29, 1.82) is 5.26 Å². The average molecular weight is 383 g/mol. The molecule has 9 heteroatoms. The lowest BCUT2D eigenvalue weighted by molar-refractivity contribution is -0.150. The van der Waals surface area contributed by atoms with Crippen molar-refractivity contribution in [2.45, 2.75) is 12.8 Å². The predicted molar refractivity (Wildman–Crippen MR) is 88.1 cm³/mol. The zero-order valence-electron chi connectivity index (χ0n) is 13.0. The molecule has 0 unspecified atom stereocenters. The van der Waals surface area contributed by atoms with Gasteiger partial charge in [0.25, 0.3) is 0 Å². The fourth-order valence-electron chi connectivity index (χ4n) is 1.78. The first-order valence-corrected chi connectivity index (χ1v) is 8.24. The maximum atomic E-state index is 12.9. The van der Waals surface area contributed by atoms with E-state index >= 15 is 0 Å². The summed E-state index contributed by atoms with van der Waals surface area (Å²) in [5.74, 6) is -2.91. The smallest absolute Gasteiger partial charge is 0.344 e. The van der Waals surface area contributed by atoms with Crippen LogP contribution in [0, 0.1) is 24.1 Å². The van der Waals surface area contributed by atoms with Gasteiger partial charge < -0.3 is 9.47 Å². The summed E-state index contributed by atoms with van der Waals surface area (Å²) in [5.41, 5.74) is 0.703. The second-order valence-electron chi connectivity index (χ2n) is 4.88. The Morgan fingerprint density at radius 2 is 2.20 bits per heavy atom. The number of nitrogens with zero attached hydrogens (tertiary/aromatic N) is 2. The molecule has 0 amide bonds. The van der Waals surface area contributed by atoms with Gasteiger partial charge in [-0.15, -0.1) is 11.3 Å². The molecule has 130 valence electrons. The molecule has 0 radical (unpaired) electrons. The van der Waals surface area contributed by atoms with Crippen LogP contribution in [0.3, 0.4) is 0 Å². The van der Waals surface area contributed by atoms with E-state index in [0.717, 1.165) is 12.1 Å². The summed E-state index contributed by atoms with van der Waals surface area (Å²) in [6.07, 6.45) is 0. The first-order chi connectivity index (χ1) is 11.9. The van der Waals surface area contributed by atoms with Gasteiger partial charge in [-0.3, -0.25) is 4.79 Å². The van der Waals surface area contributed by atoms with Crippen molar-refractivity contribution in [2.24, 2.45) is 0 Å². The van der Waals surface area contributed by atoms with E-state index in [0.29, 0.717) is 10.7 Å². The Balaban J connectivity index is 1.84. The van der Waals surface area contributed by atoms with Gasteiger partial charge in [0.2, 0.25) is 0 Å². The maximum Gasteiger partial charge on any atom is 0.344 e. The minimum atomic E-state index is -1.08. The van der Waals surface area contributed by atoms with E-state index in [1.807, 2.05) is 6.07 Å². The summed E-state index contributed by atoms with van der Waals surface area (Å²) in [6.45, 7) is 0.666. The Labute approximate surface area is 151 Å². The van der Waals surface area contributed by atoms with Gasteiger partial charge in [0.1, 0.15) is 16.6 Å². The largest absolute Gasteiger partial charge is 0.480 e. The lowest BCUT2D eigenvalue weighted by Gasteiger charge is -2.09. The number of benzene rings is 1. The molecule has 0 spiro atoms. The summed E-state index contributed by atoms with van der Waals surface area (Å²) in [7, 11) is 0. The number of aryl methyl sites for hydroxylation is 1. The Hall–Kier alpha value is -2.50. The highest BCUT2D eigenvalue weighted by molar-refractivity contribution is 7.09. The third-order valence-corrected chi connectivity index (χ3v) is 4.27. The number of nitriles is 1. The topological polar surface area (TPSA) is 89.3 Å². The first kappa shape index (κ1) is 18.8. The Bertz CT molecular complexity index is 834. The van der Waals surface area contributed by atoms with Gasteiger partial charge in [-0.2, -0.15) is 5.26 Å². The van der Waals surface area contributed by atoms with Gasteiger partial charge >= 0.3 is 5.97 Å². The van der Waals surface area contributed by atoms with Crippen molar-refractivity contribution >= 4 is 34.7 Å². The zero-order chi connectivity index (χ0) is 18.4. The fraction of sp³-hybridized carbons (Fsp3) is 0.250. The predicted octanol–water partition coefficient (Wildman–Crippen LogP) is 3.04. The van der Waals surface area contributed by atoms with Crippen LogP contribution in [0.5, 0.6) is 5.75 Å². The summed E-state index contributed by atoms with van der Waals surface area (Å²) in [6, 6.07) is 5.29. The molecule has 0 aliphatic rings. The normalized spacial score (nSPS) is 11.4. The van der Waals surface area contributed by atoms with Crippen molar-refractivity contribution in [3.05, 3.63) is 45.1 Å². The highest BCUT2D eigenvalue weighted by atomic mass is 35.5. The van der Waals surface area contributed by atoms with E-state index < -0.39 is 36.7 Å². The minimum Gasteiger partial charge on any atom is -0.480 e. The van der Waals surface area contributed by atoms with E-state index in [4.69, 9.17) is 26.3 Å². The van der Waals surface area contributed by atoms with E-state index in [1.165, 1.54) is 17.4 Å². The van der Waals surface area contributed by atoms with Gasteiger partial charge in [-0.1, -0.05) is 11.6 Å². The van der Waals surface area contributed by atoms with E-state index in [1.54, 1.807) is 12.3 Å². The van der Waals surface area contributed by atoms with Gasteiger partial charge in [0, 0.05) is 11.1 Å². The quantitative estimate of drug-likeness (QED) is 0.684. The molecule has 2 rings (SSSR count). The third kappa shape index (κ3) is 5.24. The van der Waals surface area contributed by atoms with Crippen molar-refractivity contribution in [3.63, 3.8) is 0 Å². The number of thiazole rings is 1. The van der Waals surface area contributed by atoms with Gasteiger partial charge in [-0.25, -0.2) is 14.2 Å². The molecular formula is C16H12ClFN2O4S. The highest BCUT2D eigenvalue weighted by Crippen LogP contribution is 2.25. The molecule has 0 aliphatic heterocycles. The van der Waals surface area contributed by atoms with Crippen LogP contribution >= 0.6 is 22.9 Å². The number of hydrogen-bond acceptors (Lipinski definition) is 7. The number of hydrogen-bond donors (Lipinski definition) is 0. The van der Waals surface area contributed by atoms with Crippen LogP contribution in [0.15, 0.2) is 23.6 Å². The first-order valence-electron chi connectivity index (χ1n) is 6.98. The molecule has 0 N–H and O–H groups in total. The van der Waals surface area contributed by atoms with Crippen molar-refractivity contribution in [2.75, 3.05) is 13.2 Å². The number of Topliss-reactive ketones (excluding diaryl/α,β-unsaturated/α-hetero) is 1. The number of rotatable bonds is 7. The highest BCUT2D eigenvalue weighted by Gasteiger charge is 2.24. The summed E-state index contributed by atoms with van der Waals surface area (Å²) < 4.78 is 22.8.